The lowest BCUT2D eigenvalue weighted by Gasteiger charge is -2.19. The van der Waals surface area contributed by atoms with Gasteiger partial charge in [0.2, 0.25) is 0 Å². The van der Waals surface area contributed by atoms with Crippen molar-refractivity contribution in [3.8, 4) is 10.7 Å². The number of aromatic nitrogens is 2. The average Bonchev–Trinajstić information content (AvgIpc) is 2.81. The summed E-state index contributed by atoms with van der Waals surface area (Å²) < 4.78 is 1.95. The Bertz CT molecular complexity index is 612. The third-order valence-corrected chi connectivity index (χ3v) is 5.57. The van der Waals surface area contributed by atoms with Crippen molar-refractivity contribution in [2.45, 2.75) is 25.3 Å². The summed E-state index contributed by atoms with van der Waals surface area (Å²) in [6.07, 6.45) is 5.30. The first-order chi connectivity index (χ1) is 9.19. The molecule has 0 saturated heterocycles. The van der Waals surface area contributed by atoms with Gasteiger partial charge in [-0.15, -0.1) is 11.3 Å². The second kappa shape index (κ2) is 5.60. The summed E-state index contributed by atoms with van der Waals surface area (Å²) in [6.45, 7) is 0. The predicted octanol–water partition coefficient (Wildman–Crippen LogP) is 4.33. The van der Waals surface area contributed by atoms with E-state index in [-0.39, 0.29) is 0 Å². The Kier molecular flexibility index (Phi) is 4.03. The first kappa shape index (κ1) is 13.7. The van der Waals surface area contributed by atoms with Crippen LogP contribution in [-0.4, -0.2) is 17.0 Å². The molecule has 0 fully saturated rings. The number of nitrogens with zero attached hydrogens (tertiary/aromatic N) is 2. The number of rotatable bonds is 2. The molecule has 0 aliphatic heterocycles. The summed E-state index contributed by atoms with van der Waals surface area (Å²) in [5.41, 5.74) is 2.17. The van der Waals surface area contributed by atoms with Gasteiger partial charge in [-0.25, -0.2) is 4.98 Å². The molecule has 0 amide bonds. The molecule has 2 heterocycles. The Hall–Kier alpha value is -0.300. The molecular formula is C13H13Br2N3S. The summed E-state index contributed by atoms with van der Waals surface area (Å²) in [6, 6.07) is 2.46. The molecule has 2 aromatic rings. The second-order valence-electron chi connectivity index (χ2n) is 4.55. The fourth-order valence-corrected chi connectivity index (χ4v) is 4.94. The van der Waals surface area contributed by atoms with Gasteiger partial charge in [0.15, 0.2) is 0 Å². The van der Waals surface area contributed by atoms with E-state index in [1.807, 2.05) is 19.3 Å². The van der Waals surface area contributed by atoms with Crippen LogP contribution >= 0.6 is 43.2 Å². The van der Waals surface area contributed by atoms with Crippen molar-refractivity contribution in [3.63, 3.8) is 0 Å². The number of nitrogens with one attached hydrogen (secondary N) is 1. The lowest BCUT2D eigenvalue weighted by atomic mass is 9.98. The molecule has 1 aliphatic rings. The zero-order valence-electron chi connectivity index (χ0n) is 10.4. The number of hydrogen-bond acceptors (Lipinski definition) is 4. The van der Waals surface area contributed by atoms with Crippen LogP contribution in [0.2, 0.25) is 0 Å². The topological polar surface area (TPSA) is 37.8 Å². The summed E-state index contributed by atoms with van der Waals surface area (Å²) in [5, 5.41) is 4.39. The Labute approximate surface area is 133 Å². The third-order valence-electron chi connectivity index (χ3n) is 3.31. The van der Waals surface area contributed by atoms with Gasteiger partial charge in [-0.2, -0.15) is 0 Å². The fourth-order valence-electron chi connectivity index (χ4n) is 2.37. The number of fused-ring (bicyclic) bond motifs is 1. The van der Waals surface area contributed by atoms with Crippen LogP contribution in [0.4, 0.5) is 0 Å². The molecule has 1 unspecified atom stereocenters. The largest absolute Gasteiger partial charge is 0.312 e. The maximum absolute atomic E-state index is 4.78. The molecule has 0 spiro atoms. The minimum Gasteiger partial charge on any atom is -0.312 e. The summed E-state index contributed by atoms with van der Waals surface area (Å²) in [4.78, 5) is 10.6. The van der Waals surface area contributed by atoms with E-state index in [2.05, 4.69) is 42.2 Å². The summed E-state index contributed by atoms with van der Waals surface area (Å²) >= 11 is 8.75. The third kappa shape index (κ3) is 2.63. The normalized spacial score (nSPS) is 18.4. The van der Waals surface area contributed by atoms with Crippen LogP contribution in [0.15, 0.2) is 21.2 Å². The molecule has 0 saturated carbocycles. The number of halogens is 2. The van der Waals surface area contributed by atoms with Crippen LogP contribution in [0.1, 0.15) is 29.5 Å². The van der Waals surface area contributed by atoms with Crippen LogP contribution in [0.25, 0.3) is 10.7 Å². The Morgan fingerprint density at radius 1 is 1.42 bits per heavy atom. The average molecular weight is 403 g/mol. The van der Waals surface area contributed by atoms with Gasteiger partial charge < -0.3 is 5.32 Å². The fraction of sp³-hybridized carbons (Fsp3) is 0.385. The van der Waals surface area contributed by atoms with Crippen molar-refractivity contribution in [1.29, 1.82) is 0 Å². The van der Waals surface area contributed by atoms with Crippen LogP contribution in [0, 0.1) is 0 Å². The number of hydrogen-bond donors (Lipinski definition) is 1. The van der Waals surface area contributed by atoms with Crippen molar-refractivity contribution >= 4 is 43.2 Å². The van der Waals surface area contributed by atoms with Crippen molar-refractivity contribution in [3.05, 3.63) is 31.8 Å². The van der Waals surface area contributed by atoms with E-state index in [0.29, 0.717) is 6.04 Å². The van der Waals surface area contributed by atoms with Gasteiger partial charge in [0.1, 0.15) is 10.7 Å². The molecule has 0 bridgehead atoms. The first-order valence-electron chi connectivity index (χ1n) is 6.17. The van der Waals surface area contributed by atoms with E-state index >= 15 is 0 Å². The monoisotopic (exact) mass is 401 g/mol. The lowest BCUT2D eigenvalue weighted by molar-refractivity contribution is 0.501. The van der Waals surface area contributed by atoms with Gasteiger partial charge in [0.25, 0.3) is 0 Å². The highest BCUT2D eigenvalue weighted by Gasteiger charge is 2.24. The Morgan fingerprint density at radius 2 is 2.26 bits per heavy atom. The van der Waals surface area contributed by atoms with Gasteiger partial charge in [-0.3, -0.25) is 4.98 Å². The number of pyridine rings is 1. The minimum atomic E-state index is 0.448. The van der Waals surface area contributed by atoms with E-state index < -0.39 is 0 Å². The molecule has 100 valence electrons. The molecule has 3 rings (SSSR count). The quantitative estimate of drug-likeness (QED) is 0.812. The smallest absolute Gasteiger partial charge is 0.143 e. The van der Waals surface area contributed by atoms with E-state index in [1.165, 1.54) is 23.4 Å². The SMILES string of the molecule is CNC1CCCc2nc(-c3ncc(Br)cc3Br)sc21. The van der Waals surface area contributed by atoms with Gasteiger partial charge in [0.05, 0.1) is 5.69 Å². The molecular weight excluding hydrogens is 390 g/mol. The van der Waals surface area contributed by atoms with Crippen molar-refractivity contribution < 1.29 is 0 Å². The second-order valence-corrected chi connectivity index (χ2v) is 7.35. The number of thiazole rings is 1. The number of aryl methyl sites for hydroxylation is 1. The highest BCUT2D eigenvalue weighted by Crippen LogP contribution is 2.39. The van der Waals surface area contributed by atoms with Crippen LogP contribution < -0.4 is 5.32 Å². The van der Waals surface area contributed by atoms with Crippen molar-refractivity contribution in [2.75, 3.05) is 7.05 Å². The molecule has 3 nitrogen and oxygen atoms in total. The predicted molar refractivity (Wildman–Crippen MR) is 85.5 cm³/mol. The molecule has 2 aromatic heterocycles. The molecule has 1 aliphatic carbocycles. The first-order valence-corrected chi connectivity index (χ1v) is 8.57. The maximum Gasteiger partial charge on any atom is 0.143 e. The van der Waals surface area contributed by atoms with E-state index in [9.17, 15) is 0 Å². The molecule has 1 N–H and O–H groups in total. The maximum atomic E-state index is 4.78. The minimum absolute atomic E-state index is 0.448. The van der Waals surface area contributed by atoms with Gasteiger partial charge >= 0.3 is 0 Å². The summed E-state index contributed by atoms with van der Waals surface area (Å²) in [7, 11) is 2.02. The van der Waals surface area contributed by atoms with E-state index in [1.54, 1.807) is 11.3 Å². The molecule has 0 radical (unpaired) electrons. The zero-order chi connectivity index (χ0) is 13.4. The van der Waals surface area contributed by atoms with Gasteiger partial charge in [-0.05, 0) is 64.2 Å². The zero-order valence-corrected chi connectivity index (χ0v) is 14.4. The van der Waals surface area contributed by atoms with Gasteiger partial charge in [0, 0.05) is 26.1 Å². The molecule has 0 aromatic carbocycles. The van der Waals surface area contributed by atoms with E-state index in [4.69, 9.17) is 4.98 Å². The standard InChI is InChI=1S/C13H13Br2N3S/c1-16-9-3-2-4-10-12(9)19-13(18-10)11-8(15)5-7(14)6-17-11/h5-6,9,16H,2-4H2,1H3. The highest BCUT2D eigenvalue weighted by molar-refractivity contribution is 9.11. The van der Waals surface area contributed by atoms with Crippen LogP contribution in [0.5, 0.6) is 0 Å². The molecule has 19 heavy (non-hydrogen) atoms. The lowest BCUT2D eigenvalue weighted by Crippen LogP contribution is -2.19. The Balaban J connectivity index is 2.05. The Morgan fingerprint density at radius 3 is 3.00 bits per heavy atom. The molecule has 1 atom stereocenters. The van der Waals surface area contributed by atoms with Crippen molar-refractivity contribution in [2.24, 2.45) is 0 Å². The van der Waals surface area contributed by atoms with Crippen LogP contribution in [0.3, 0.4) is 0 Å². The highest BCUT2D eigenvalue weighted by atomic mass is 79.9. The summed E-state index contributed by atoms with van der Waals surface area (Å²) in [5.74, 6) is 0. The van der Waals surface area contributed by atoms with Crippen molar-refractivity contribution in [1.82, 2.24) is 15.3 Å². The van der Waals surface area contributed by atoms with Crippen LogP contribution in [-0.2, 0) is 6.42 Å². The molecule has 6 heteroatoms. The van der Waals surface area contributed by atoms with E-state index in [0.717, 1.165) is 26.1 Å². The van der Waals surface area contributed by atoms with Gasteiger partial charge in [-0.1, -0.05) is 0 Å².